The van der Waals surface area contributed by atoms with Crippen molar-refractivity contribution < 1.29 is 13.2 Å². The van der Waals surface area contributed by atoms with Crippen LogP contribution in [-0.4, -0.2) is 57.7 Å². The van der Waals surface area contributed by atoms with Gasteiger partial charge in [-0.25, -0.2) is 8.42 Å². The van der Waals surface area contributed by atoms with E-state index in [0.717, 1.165) is 35.8 Å². The molecule has 8 heteroatoms. The fraction of sp³-hybridized carbons (Fsp3) is 0.632. The Balaban J connectivity index is 2.05. The van der Waals surface area contributed by atoms with Crippen LogP contribution < -0.4 is 9.62 Å². The second kappa shape index (κ2) is 9.75. The third-order valence-electron chi connectivity index (χ3n) is 4.92. The number of nitrogens with zero attached hydrogens (tertiary/aromatic N) is 2. The van der Waals surface area contributed by atoms with Crippen molar-refractivity contribution in [3.8, 4) is 0 Å². The first-order chi connectivity index (χ1) is 12.7. The van der Waals surface area contributed by atoms with E-state index in [9.17, 15) is 13.2 Å². The van der Waals surface area contributed by atoms with Gasteiger partial charge in [-0.15, -0.1) is 0 Å². The molecule has 1 aliphatic heterocycles. The molecule has 1 aromatic rings. The van der Waals surface area contributed by atoms with Gasteiger partial charge in [-0.1, -0.05) is 30.5 Å². The molecule has 1 aromatic carbocycles. The van der Waals surface area contributed by atoms with Crippen molar-refractivity contribution in [2.75, 3.05) is 36.7 Å². The van der Waals surface area contributed by atoms with Crippen molar-refractivity contribution in [2.24, 2.45) is 0 Å². The fourth-order valence-electron chi connectivity index (χ4n) is 3.45. The zero-order valence-corrected chi connectivity index (χ0v) is 17.9. The van der Waals surface area contributed by atoms with E-state index in [1.54, 1.807) is 32.0 Å². The van der Waals surface area contributed by atoms with Crippen LogP contribution in [0.2, 0.25) is 5.02 Å². The lowest BCUT2D eigenvalue weighted by atomic mass is 10.2. The van der Waals surface area contributed by atoms with E-state index in [2.05, 4.69) is 10.2 Å². The predicted molar refractivity (Wildman–Crippen MR) is 111 cm³/mol. The largest absolute Gasteiger partial charge is 0.353 e. The zero-order valence-electron chi connectivity index (χ0n) is 16.4. The lowest BCUT2D eigenvalue weighted by molar-refractivity contribution is -0.121. The number of likely N-dealkylation sites (tertiary alicyclic amines) is 1. The summed E-state index contributed by atoms with van der Waals surface area (Å²) < 4.78 is 25.9. The predicted octanol–water partition coefficient (Wildman–Crippen LogP) is 2.80. The van der Waals surface area contributed by atoms with E-state index in [1.165, 1.54) is 25.7 Å². The van der Waals surface area contributed by atoms with Crippen LogP contribution in [-0.2, 0) is 14.8 Å². The van der Waals surface area contributed by atoms with E-state index in [4.69, 9.17) is 11.6 Å². The first kappa shape index (κ1) is 22.0. The summed E-state index contributed by atoms with van der Waals surface area (Å²) in [5, 5.41) is 3.32. The molecule has 0 aliphatic carbocycles. The van der Waals surface area contributed by atoms with Crippen LogP contribution in [0.4, 0.5) is 5.69 Å². The van der Waals surface area contributed by atoms with Gasteiger partial charge >= 0.3 is 0 Å². The normalized spacial score (nSPS) is 17.2. The van der Waals surface area contributed by atoms with Gasteiger partial charge in [0.15, 0.2) is 0 Å². The Morgan fingerprint density at radius 2 is 1.89 bits per heavy atom. The van der Waals surface area contributed by atoms with Crippen molar-refractivity contribution in [2.45, 2.75) is 45.6 Å². The van der Waals surface area contributed by atoms with Gasteiger partial charge in [0, 0.05) is 18.1 Å². The van der Waals surface area contributed by atoms with Gasteiger partial charge in [0.2, 0.25) is 15.9 Å². The minimum atomic E-state index is -3.65. The van der Waals surface area contributed by atoms with Crippen LogP contribution in [0.25, 0.3) is 0 Å². The molecule has 1 atom stereocenters. The molecule has 0 aromatic heterocycles. The molecule has 2 rings (SSSR count). The average Bonchev–Trinajstić information content (AvgIpc) is 2.85. The highest BCUT2D eigenvalue weighted by atomic mass is 35.5. The van der Waals surface area contributed by atoms with Crippen LogP contribution in [0.5, 0.6) is 0 Å². The van der Waals surface area contributed by atoms with Crippen LogP contribution in [0.15, 0.2) is 18.2 Å². The molecule has 1 aliphatic rings. The van der Waals surface area contributed by atoms with E-state index in [0.29, 0.717) is 17.3 Å². The number of hydrogen-bond acceptors (Lipinski definition) is 4. The SMILES string of the molecule is Cc1ccc(Cl)cc1N([C@H](C)C(=O)NCCN1CCCCCC1)S(C)(=O)=O. The van der Waals surface area contributed by atoms with Crippen LogP contribution in [0, 0.1) is 6.92 Å². The van der Waals surface area contributed by atoms with Crippen molar-refractivity contribution in [1.82, 2.24) is 10.2 Å². The summed E-state index contributed by atoms with van der Waals surface area (Å²) in [5.41, 5.74) is 1.18. The van der Waals surface area contributed by atoms with Crippen molar-refractivity contribution in [3.63, 3.8) is 0 Å². The van der Waals surface area contributed by atoms with E-state index in [1.807, 2.05) is 0 Å². The molecule has 0 saturated carbocycles. The Morgan fingerprint density at radius 3 is 2.48 bits per heavy atom. The molecule has 0 spiro atoms. The first-order valence-electron chi connectivity index (χ1n) is 9.46. The number of halogens is 1. The number of hydrogen-bond donors (Lipinski definition) is 1. The number of rotatable bonds is 7. The Hall–Kier alpha value is -1.31. The molecule has 27 heavy (non-hydrogen) atoms. The number of sulfonamides is 1. The summed E-state index contributed by atoms with van der Waals surface area (Å²) in [7, 11) is -3.65. The number of aryl methyl sites for hydroxylation is 1. The number of nitrogens with one attached hydrogen (secondary N) is 1. The summed E-state index contributed by atoms with van der Waals surface area (Å²) >= 11 is 6.05. The summed E-state index contributed by atoms with van der Waals surface area (Å²) in [5.74, 6) is -0.311. The van der Waals surface area contributed by atoms with E-state index >= 15 is 0 Å². The molecule has 1 fully saturated rings. The number of carbonyl (C=O) groups is 1. The molecule has 1 saturated heterocycles. The first-order valence-corrected chi connectivity index (χ1v) is 11.7. The molecule has 0 bridgehead atoms. The third-order valence-corrected chi connectivity index (χ3v) is 6.39. The summed E-state index contributed by atoms with van der Waals surface area (Å²) in [6, 6.07) is 4.17. The molecule has 152 valence electrons. The van der Waals surface area contributed by atoms with Crippen molar-refractivity contribution in [3.05, 3.63) is 28.8 Å². The van der Waals surface area contributed by atoms with Gasteiger partial charge < -0.3 is 10.2 Å². The summed E-state index contributed by atoms with van der Waals surface area (Å²) in [4.78, 5) is 15.0. The second-order valence-corrected chi connectivity index (χ2v) is 9.51. The Kier molecular flexibility index (Phi) is 7.94. The smallest absolute Gasteiger partial charge is 0.243 e. The molecule has 0 unspecified atom stereocenters. The molecule has 1 heterocycles. The average molecular weight is 416 g/mol. The quantitative estimate of drug-likeness (QED) is 0.743. The van der Waals surface area contributed by atoms with Gasteiger partial charge in [0.25, 0.3) is 0 Å². The maximum absolute atomic E-state index is 12.6. The van der Waals surface area contributed by atoms with Gasteiger partial charge in [0.05, 0.1) is 11.9 Å². The lowest BCUT2D eigenvalue weighted by Crippen LogP contribution is -2.49. The number of carbonyl (C=O) groups excluding carboxylic acids is 1. The van der Waals surface area contributed by atoms with E-state index < -0.39 is 16.1 Å². The second-order valence-electron chi connectivity index (χ2n) is 7.21. The van der Waals surface area contributed by atoms with Crippen LogP contribution >= 0.6 is 11.6 Å². The molecular formula is C19H30ClN3O3S. The standard InChI is InChI=1S/C19H30ClN3O3S/c1-15-8-9-17(20)14-18(15)23(27(3,25)26)16(2)19(24)21-10-13-22-11-6-4-5-7-12-22/h8-9,14,16H,4-7,10-13H2,1-3H3,(H,21,24)/t16-/m1/s1. The van der Waals surface area contributed by atoms with Crippen molar-refractivity contribution >= 4 is 33.2 Å². The monoisotopic (exact) mass is 415 g/mol. The highest BCUT2D eigenvalue weighted by molar-refractivity contribution is 7.92. The highest BCUT2D eigenvalue weighted by Gasteiger charge is 2.30. The molecule has 1 N–H and O–H groups in total. The third kappa shape index (κ3) is 6.36. The zero-order chi connectivity index (χ0) is 20.0. The van der Waals surface area contributed by atoms with Gasteiger partial charge in [-0.3, -0.25) is 9.10 Å². The van der Waals surface area contributed by atoms with E-state index in [-0.39, 0.29) is 5.91 Å². The molecule has 6 nitrogen and oxygen atoms in total. The topological polar surface area (TPSA) is 69.7 Å². The van der Waals surface area contributed by atoms with Gasteiger partial charge in [-0.2, -0.15) is 0 Å². The maximum atomic E-state index is 12.6. The molecular weight excluding hydrogens is 386 g/mol. The van der Waals surface area contributed by atoms with Crippen LogP contribution in [0.1, 0.15) is 38.2 Å². The highest BCUT2D eigenvalue weighted by Crippen LogP contribution is 2.28. The maximum Gasteiger partial charge on any atom is 0.243 e. The Bertz CT molecular complexity index is 747. The lowest BCUT2D eigenvalue weighted by Gasteiger charge is -2.30. The molecule has 1 amide bonds. The van der Waals surface area contributed by atoms with Gasteiger partial charge in [0.1, 0.15) is 6.04 Å². The van der Waals surface area contributed by atoms with Gasteiger partial charge in [-0.05, 0) is 57.5 Å². The Labute approximate surface area is 167 Å². The fourth-order valence-corrected chi connectivity index (χ4v) is 4.84. The van der Waals surface area contributed by atoms with Crippen LogP contribution in [0.3, 0.4) is 0 Å². The number of amides is 1. The minimum absolute atomic E-state index is 0.311. The number of anilines is 1. The summed E-state index contributed by atoms with van der Waals surface area (Å²) in [6.45, 7) is 6.81. The molecule has 0 radical (unpaired) electrons. The minimum Gasteiger partial charge on any atom is -0.353 e. The summed E-state index contributed by atoms with van der Waals surface area (Å²) in [6.07, 6.45) is 6.03. The number of benzene rings is 1. The Morgan fingerprint density at radius 1 is 1.26 bits per heavy atom. The van der Waals surface area contributed by atoms with Crippen molar-refractivity contribution in [1.29, 1.82) is 0 Å².